The van der Waals surface area contributed by atoms with E-state index in [1.54, 1.807) is 0 Å². The third-order valence-electron chi connectivity index (χ3n) is 3.79. The molecule has 106 valence electrons. The van der Waals surface area contributed by atoms with E-state index in [1.165, 1.54) is 18.4 Å². The Kier molecular flexibility index (Phi) is 4.51. The quantitative estimate of drug-likeness (QED) is 0.872. The molecule has 1 saturated heterocycles. The molecule has 0 saturated carbocycles. The normalized spacial score (nSPS) is 20.5. The van der Waals surface area contributed by atoms with Crippen LogP contribution in [0.2, 0.25) is 0 Å². The first-order chi connectivity index (χ1) is 8.94. The molecule has 0 spiro atoms. The van der Waals surface area contributed by atoms with Crippen LogP contribution in [0.1, 0.15) is 44.7 Å². The first-order valence-corrected chi connectivity index (χ1v) is 7.45. The first kappa shape index (κ1) is 14.4. The Hall–Kier alpha value is -1.02. The molecular formula is C17H27NO. The maximum Gasteiger partial charge on any atom is 0.118 e. The fraction of sp³-hybridized carbons (Fsp3) is 0.647. The predicted octanol–water partition coefficient (Wildman–Crippen LogP) is 3.52. The highest BCUT2D eigenvalue weighted by Crippen LogP contribution is 2.27. The van der Waals surface area contributed by atoms with Crippen LogP contribution >= 0.6 is 0 Å². The first-order valence-electron chi connectivity index (χ1n) is 7.45. The summed E-state index contributed by atoms with van der Waals surface area (Å²) in [6.45, 7) is 9.00. The Bertz CT molecular complexity index is 414. The molecule has 0 bridgehead atoms. The van der Waals surface area contributed by atoms with Crippen molar-refractivity contribution in [3.8, 4) is 5.75 Å². The summed E-state index contributed by atoms with van der Waals surface area (Å²) < 4.78 is 0. The van der Waals surface area contributed by atoms with Crippen LogP contribution in [0, 0.1) is 11.3 Å². The number of rotatable bonds is 3. The number of aromatic hydroxyl groups is 1. The van der Waals surface area contributed by atoms with Gasteiger partial charge in [-0.15, -0.1) is 0 Å². The van der Waals surface area contributed by atoms with Gasteiger partial charge in [-0.2, -0.15) is 0 Å². The topological polar surface area (TPSA) is 32.3 Å². The van der Waals surface area contributed by atoms with E-state index in [0.717, 1.165) is 31.5 Å². The van der Waals surface area contributed by atoms with Gasteiger partial charge in [0.25, 0.3) is 0 Å². The summed E-state index contributed by atoms with van der Waals surface area (Å²) in [5.41, 5.74) is 2.75. The van der Waals surface area contributed by atoms with Gasteiger partial charge < -0.3 is 10.4 Å². The molecule has 2 nitrogen and oxygen atoms in total. The van der Waals surface area contributed by atoms with Crippen molar-refractivity contribution in [2.75, 3.05) is 13.1 Å². The van der Waals surface area contributed by atoms with Crippen molar-refractivity contribution in [2.45, 2.75) is 46.5 Å². The average molecular weight is 261 g/mol. The van der Waals surface area contributed by atoms with Crippen LogP contribution in [-0.2, 0) is 12.8 Å². The molecule has 0 amide bonds. The van der Waals surface area contributed by atoms with Crippen LogP contribution < -0.4 is 5.32 Å². The molecule has 0 radical (unpaired) electrons. The number of hydrogen-bond donors (Lipinski definition) is 2. The van der Waals surface area contributed by atoms with Crippen LogP contribution in [0.5, 0.6) is 5.75 Å². The zero-order chi connectivity index (χ0) is 13.9. The minimum Gasteiger partial charge on any atom is -0.508 e. The van der Waals surface area contributed by atoms with Crippen molar-refractivity contribution in [2.24, 2.45) is 11.3 Å². The SMILES string of the molecule is CC(C)(C)Cc1ccc(O)c(CC2CCCNC2)c1. The summed E-state index contributed by atoms with van der Waals surface area (Å²) in [4.78, 5) is 0. The van der Waals surface area contributed by atoms with Crippen LogP contribution in [-0.4, -0.2) is 18.2 Å². The number of nitrogens with one attached hydrogen (secondary N) is 1. The van der Waals surface area contributed by atoms with Gasteiger partial charge in [-0.05, 0) is 67.3 Å². The highest BCUT2D eigenvalue weighted by molar-refractivity contribution is 5.37. The smallest absolute Gasteiger partial charge is 0.118 e. The zero-order valence-corrected chi connectivity index (χ0v) is 12.5. The fourth-order valence-corrected chi connectivity index (χ4v) is 2.93. The van der Waals surface area contributed by atoms with Crippen LogP contribution in [0.3, 0.4) is 0 Å². The Morgan fingerprint density at radius 3 is 2.74 bits per heavy atom. The maximum atomic E-state index is 10.0. The van der Waals surface area contributed by atoms with Gasteiger partial charge in [0.1, 0.15) is 5.75 Å². The van der Waals surface area contributed by atoms with E-state index >= 15 is 0 Å². The van der Waals surface area contributed by atoms with Gasteiger partial charge in [0.05, 0.1) is 0 Å². The van der Waals surface area contributed by atoms with Crippen molar-refractivity contribution >= 4 is 0 Å². The van der Waals surface area contributed by atoms with Crippen molar-refractivity contribution in [1.82, 2.24) is 5.32 Å². The highest BCUT2D eigenvalue weighted by atomic mass is 16.3. The number of hydrogen-bond acceptors (Lipinski definition) is 2. The average Bonchev–Trinajstić information content (AvgIpc) is 2.33. The van der Waals surface area contributed by atoms with E-state index in [9.17, 15) is 5.11 Å². The summed E-state index contributed by atoms with van der Waals surface area (Å²) in [7, 11) is 0. The van der Waals surface area contributed by atoms with E-state index in [-0.39, 0.29) is 0 Å². The molecule has 1 atom stereocenters. The van der Waals surface area contributed by atoms with E-state index in [2.05, 4.69) is 38.2 Å². The van der Waals surface area contributed by atoms with Crippen molar-refractivity contribution in [1.29, 1.82) is 0 Å². The van der Waals surface area contributed by atoms with Gasteiger partial charge in [0, 0.05) is 0 Å². The maximum absolute atomic E-state index is 10.0. The lowest BCUT2D eigenvalue weighted by Crippen LogP contribution is -2.30. The predicted molar refractivity (Wildman–Crippen MR) is 80.6 cm³/mol. The lowest BCUT2D eigenvalue weighted by molar-refractivity contribution is 0.369. The standard InChI is InChI=1S/C17H27NO/c1-17(2,3)11-13-6-7-16(19)15(9-13)10-14-5-4-8-18-12-14/h6-7,9,14,18-19H,4-5,8,10-12H2,1-3H3. The summed E-state index contributed by atoms with van der Waals surface area (Å²) in [5, 5.41) is 13.5. The summed E-state index contributed by atoms with van der Waals surface area (Å²) >= 11 is 0. The summed E-state index contributed by atoms with van der Waals surface area (Å²) in [6, 6.07) is 6.13. The number of piperidine rings is 1. The molecule has 0 aromatic heterocycles. The molecule has 0 aliphatic carbocycles. The van der Waals surface area contributed by atoms with Gasteiger partial charge in [0.2, 0.25) is 0 Å². The third kappa shape index (κ3) is 4.54. The monoisotopic (exact) mass is 261 g/mol. The third-order valence-corrected chi connectivity index (χ3v) is 3.79. The van der Waals surface area contributed by atoms with Gasteiger partial charge in [-0.1, -0.05) is 32.9 Å². The molecular weight excluding hydrogens is 234 g/mol. The zero-order valence-electron chi connectivity index (χ0n) is 12.5. The van der Waals surface area contributed by atoms with Gasteiger partial charge >= 0.3 is 0 Å². The molecule has 2 heteroatoms. The van der Waals surface area contributed by atoms with E-state index in [1.807, 2.05) is 6.07 Å². The minimum absolute atomic E-state index is 0.292. The molecule has 1 aromatic rings. The van der Waals surface area contributed by atoms with Gasteiger partial charge in [0.15, 0.2) is 0 Å². The molecule has 2 N–H and O–H groups in total. The van der Waals surface area contributed by atoms with E-state index in [4.69, 9.17) is 0 Å². The second-order valence-electron chi connectivity index (χ2n) is 7.12. The molecule has 1 aliphatic heterocycles. The second kappa shape index (κ2) is 5.96. The lowest BCUT2D eigenvalue weighted by atomic mass is 9.86. The highest BCUT2D eigenvalue weighted by Gasteiger charge is 2.17. The Morgan fingerprint density at radius 2 is 2.11 bits per heavy atom. The number of benzene rings is 1. The summed E-state index contributed by atoms with van der Waals surface area (Å²) in [6.07, 6.45) is 4.59. The van der Waals surface area contributed by atoms with Crippen molar-refractivity contribution < 1.29 is 5.11 Å². The van der Waals surface area contributed by atoms with Crippen LogP contribution in [0.15, 0.2) is 18.2 Å². The van der Waals surface area contributed by atoms with Crippen LogP contribution in [0.4, 0.5) is 0 Å². The largest absolute Gasteiger partial charge is 0.508 e. The minimum atomic E-state index is 0.292. The Balaban J connectivity index is 2.08. The van der Waals surface area contributed by atoms with E-state index in [0.29, 0.717) is 17.1 Å². The Morgan fingerprint density at radius 1 is 1.32 bits per heavy atom. The van der Waals surface area contributed by atoms with E-state index < -0.39 is 0 Å². The molecule has 1 fully saturated rings. The van der Waals surface area contributed by atoms with Crippen molar-refractivity contribution in [3.05, 3.63) is 29.3 Å². The van der Waals surface area contributed by atoms with Crippen molar-refractivity contribution in [3.63, 3.8) is 0 Å². The molecule has 2 rings (SSSR count). The van der Waals surface area contributed by atoms with Crippen LogP contribution in [0.25, 0.3) is 0 Å². The lowest BCUT2D eigenvalue weighted by Gasteiger charge is -2.24. The van der Waals surface area contributed by atoms with Gasteiger partial charge in [-0.25, -0.2) is 0 Å². The molecule has 1 aliphatic rings. The fourth-order valence-electron chi connectivity index (χ4n) is 2.93. The second-order valence-corrected chi connectivity index (χ2v) is 7.12. The number of phenols is 1. The molecule has 1 unspecified atom stereocenters. The van der Waals surface area contributed by atoms with Gasteiger partial charge in [-0.3, -0.25) is 0 Å². The molecule has 1 heterocycles. The Labute approximate surface area is 117 Å². The molecule has 19 heavy (non-hydrogen) atoms. The molecule has 1 aromatic carbocycles. The summed E-state index contributed by atoms with van der Waals surface area (Å²) in [5.74, 6) is 1.13. The number of phenolic OH excluding ortho intramolecular Hbond substituents is 1.